The number of fused-ring (bicyclic) bond motifs is 1. The molecule has 0 aromatic carbocycles. The normalized spacial score (nSPS) is 14.9. The summed E-state index contributed by atoms with van der Waals surface area (Å²) >= 11 is 0. The van der Waals surface area contributed by atoms with Gasteiger partial charge in [0.05, 0.1) is 6.20 Å². The van der Waals surface area contributed by atoms with Gasteiger partial charge in [-0.25, -0.2) is 9.97 Å². The first-order valence-corrected chi connectivity index (χ1v) is 6.25. The lowest BCUT2D eigenvalue weighted by molar-refractivity contribution is 0.0721. The van der Waals surface area contributed by atoms with Crippen molar-refractivity contribution in [3.05, 3.63) is 41.3 Å². The second-order valence-corrected chi connectivity index (χ2v) is 4.55. The second kappa shape index (κ2) is 4.79. The Morgan fingerprint density at radius 2 is 2.16 bits per heavy atom. The van der Waals surface area contributed by atoms with Crippen LogP contribution in [-0.2, 0) is 12.8 Å². The molecule has 98 valence electrons. The molecule has 6 nitrogen and oxygen atoms in total. The number of hydrogen-bond acceptors (Lipinski definition) is 5. The van der Waals surface area contributed by atoms with E-state index >= 15 is 0 Å². The Balaban J connectivity index is 1.80. The molecule has 0 saturated heterocycles. The zero-order chi connectivity index (χ0) is 13.2. The van der Waals surface area contributed by atoms with Crippen molar-refractivity contribution in [1.82, 2.24) is 20.0 Å². The van der Waals surface area contributed by atoms with Gasteiger partial charge in [-0.3, -0.25) is 4.79 Å². The van der Waals surface area contributed by atoms with Crippen molar-refractivity contribution in [3.63, 3.8) is 0 Å². The summed E-state index contributed by atoms with van der Waals surface area (Å²) in [4.78, 5) is 22.5. The molecular weight excluding hydrogens is 244 g/mol. The van der Waals surface area contributed by atoms with Crippen LogP contribution in [-0.4, -0.2) is 39.0 Å². The van der Waals surface area contributed by atoms with E-state index in [1.54, 1.807) is 17.3 Å². The smallest absolute Gasteiger partial charge is 0.292 e. The molecule has 1 aliphatic heterocycles. The maximum Gasteiger partial charge on any atom is 0.292 e. The van der Waals surface area contributed by atoms with Crippen molar-refractivity contribution in [2.75, 3.05) is 13.1 Å². The van der Waals surface area contributed by atoms with Crippen LogP contribution in [0.15, 0.2) is 23.1 Å². The van der Waals surface area contributed by atoms with Crippen LogP contribution < -0.4 is 0 Å². The number of rotatable bonds is 1. The Kier molecular flexibility index (Phi) is 2.98. The first-order valence-electron chi connectivity index (χ1n) is 6.25. The number of carbonyl (C=O) groups excluding carboxylic acids is 1. The zero-order valence-electron chi connectivity index (χ0n) is 10.7. The summed E-state index contributed by atoms with van der Waals surface area (Å²) in [5, 5.41) is 3.57. The lowest BCUT2D eigenvalue weighted by atomic mass is 10.1. The summed E-state index contributed by atoms with van der Waals surface area (Å²) in [6.07, 6.45) is 4.60. The molecule has 6 heteroatoms. The third-order valence-electron chi connectivity index (χ3n) is 3.44. The molecule has 0 spiro atoms. The van der Waals surface area contributed by atoms with Crippen molar-refractivity contribution in [1.29, 1.82) is 0 Å². The van der Waals surface area contributed by atoms with Crippen molar-refractivity contribution < 1.29 is 9.32 Å². The van der Waals surface area contributed by atoms with Crippen LogP contribution in [0.4, 0.5) is 0 Å². The number of aromatic nitrogens is 3. The number of hydrogen-bond donors (Lipinski definition) is 0. The van der Waals surface area contributed by atoms with E-state index < -0.39 is 0 Å². The van der Waals surface area contributed by atoms with E-state index in [1.165, 1.54) is 6.20 Å². The molecule has 0 radical (unpaired) electrons. The lowest BCUT2D eigenvalue weighted by Crippen LogP contribution is -2.33. The highest BCUT2D eigenvalue weighted by Gasteiger charge is 2.23. The van der Waals surface area contributed by atoms with Gasteiger partial charge in [0.1, 0.15) is 6.33 Å². The Hall–Kier alpha value is -2.24. The van der Waals surface area contributed by atoms with Crippen molar-refractivity contribution in [2.24, 2.45) is 0 Å². The maximum absolute atomic E-state index is 12.2. The van der Waals surface area contributed by atoms with Gasteiger partial charge >= 0.3 is 0 Å². The fourth-order valence-electron chi connectivity index (χ4n) is 2.37. The highest BCUT2D eigenvalue weighted by Crippen LogP contribution is 2.17. The fourth-order valence-corrected chi connectivity index (χ4v) is 2.37. The van der Waals surface area contributed by atoms with E-state index in [0.717, 1.165) is 29.8 Å². The van der Waals surface area contributed by atoms with Crippen LogP contribution in [0.2, 0.25) is 0 Å². The Labute approximate surface area is 110 Å². The molecule has 3 heterocycles. The van der Waals surface area contributed by atoms with Crippen LogP contribution in [0.3, 0.4) is 0 Å². The predicted molar refractivity (Wildman–Crippen MR) is 66.6 cm³/mol. The first-order chi connectivity index (χ1) is 9.25. The Morgan fingerprint density at radius 1 is 1.32 bits per heavy atom. The van der Waals surface area contributed by atoms with Crippen LogP contribution >= 0.6 is 0 Å². The molecule has 2 aromatic rings. The van der Waals surface area contributed by atoms with Crippen molar-refractivity contribution in [2.45, 2.75) is 19.8 Å². The maximum atomic E-state index is 12.2. The molecule has 2 aromatic heterocycles. The van der Waals surface area contributed by atoms with Gasteiger partial charge in [0.15, 0.2) is 0 Å². The van der Waals surface area contributed by atoms with Gasteiger partial charge in [0, 0.05) is 37.0 Å². The van der Waals surface area contributed by atoms with Gasteiger partial charge in [0.25, 0.3) is 5.91 Å². The average molecular weight is 258 g/mol. The first kappa shape index (κ1) is 11.8. The largest absolute Gasteiger partial charge is 0.351 e. The van der Waals surface area contributed by atoms with Crippen LogP contribution in [0.5, 0.6) is 0 Å². The predicted octanol–water partition coefficient (Wildman–Crippen LogP) is 1.01. The minimum atomic E-state index is -0.115. The van der Waals surface area contributed by atoms with Gasteiger partial charge in [-0.1, -0.05) is 5.16 Å². The fraction of sp³-hybridized carbons (Fsp3) is 0.385. The zero-order valence-corrected chi connectivity index (χ0v) is 10.7. The molecule has 1 amide bonds. The summed E-state index contributed by atoms with van der Waals surface area (Å²) in [5.41, 5.74) is 3.20. The standard InChI is InChI=1S/C13H14N4O2/c1-9-10-3-6-17(7-4-11(10)15-8-14-9)13(18)12-2-5-16-19-12/h2,5,8H,3-4,6-7H2,1H3. The molecule has 0 unspecified atom stereocenters. The number of amides is 1. The average Bonchev–Trinajstić information content (AvgIpc) is 2.85. The Bertz CT molecular complexity index is 595. The lowest BCUT2D eigenvalue weighted by Gasteiger charge is -2.18. The molecule has 0 atom stereocenters. The SMILES string of the molecule is Cc1ncnc2c1CCN(C(=O)c1ccno1)CC2. The summed E-state index contributed by atoms with van der Waals surface area (Å²) in [6, 6.07) is 1.59. The molecule has 19 heavy (non-hydrogen) atoms. The number of nitrogens with zero attached hydrogens (tertiary/aromatic N) is 4. The molecule has 0 aliphatic carbocycles. The molecule has 0 fully saturated rings. The summed E-state index contributed by atoms with van der Waals surface area (Å²) in [7, 11) is 0. The van der Waals surface area contributed by atoms with Gasteiger partial charge in [-0.15, -0.1) is 0 Å². The van der Waals surface area contributed by atoms with Gasteiger partial charge < -0.3 is 9.42 Å². The van der Waals surface area contributed by atoms with E-state index in [-0.39, 0.29) is 11.7 Å². The van der Waals surface area contributed by atoms with Gasteiger partial charge in [-0.05, 0) is 18.9 Å². The summed E-state index contributed by atoms with van der Waals surface area (Å²) < 4.78 is 4.92. The van der Waals surface area contributed by atoms with E-state index in [9.17, 15) is 4.79 Å². The molecule has 3 rings (SSSR count). The van der Waals surface area contributed by atoms with Crippen molar-refractivity contribution >= 4 is 5.91 Å². The van der Waals surface area contributed by atoms with Gasteiger partial charge in [-0.2, -0.15) is 0 Å². The third kappa shape index (κ3) is 2.21. The molecular formula is C13H14N4O2. The summed E-state index contributed by atoms with van der Waals surface area (Å²) in [6.45, 7) is 3.28. The van der Waals surface area contributed by atoms with E-state index in [2.05, 4.69) is 15.1 Å². The second-order valence-electron chi connectivity index (χ2n) is 4.55. The van der Waals surface area contributed by atoms with Crippen molar-refractivity contribution in [3.8, 4) is 0 Å². The highest BCUT2D eigenvalue weighted by molar-refractivity contribution is 5.91. The third-order valence-corrected chi connectivity index (χ3v) is 3.44. The topological polar surface area (TPSA) is 72.1 Å². The van der Waals surface area contributed by atoms with Crippen LogP contribution in [0.25, 0.3) is 0 Å². The highest BCUT2D eigenvalue weighted by atomic mass is 16.5. The molecule has 0 bridgehead atoms. The molecule has 0 saturated carbocycles. The van der Waals surface area contributed by atoms with E-state index in [4.69, 9.17) is 4.52 Å². The molecule has 1 aliphatic rings. The monoisotopic (exact) mass is 258 g/mol. The minimum absolute atomic E-state index is 0.115. The van der Waals surface area contributed by atoms with E-state index in [1.807, 2.05) is 6.92 Å². The number of aryl methyl sites for hydroxylation is 1. The summed E-state index contributed by atoms with van der Waals surface area (Å²) in [5.74, 6) is 0.171. The van der Waals surface area contributed by atoms with Gasteiger partial charge in [0.2, 0.25) is 5.76 Å². The molecule has 0 N–H and O–H groups in total. The van der Waals surface area contributed by atoms with Crippen LogP contribution in [0.1, 0.15) is 27.5 Å². The van der Waals surface area contributed by atoms with Crippen LogP contribution in [0, 0.1) is 6.92 Å². The van der Waals surface area contributed by atoms with E-state index in [0.29, 0.717) is 13.1 Å². The quantitative estimate of drug-likeness (QED) is 0.763. The number of carbonyl (C=O) groups is 1. The minimum Gasteiger partial charge on any atom is -0.351 e. The Morgan fingerprint density at radius 3 is 2.95 bits per heavy atom.